The SMILES string of the molecule is CCOC(=O)c1cc(-c2ccc3c(c2)OCO3)nn1-c1cccc(C(=O)O)c1. The Morgan fingerprint density at radius 1 is 1.14 bits per heavy atom. The van der Waals surface area contributed by atoms with Gasteiger partial charge in [-0.05, 0) is 49.4 Å². The van der Waals surface area contributed by atoms with Gasteiger partial charge < -0.3 is 19.3 Å². The van der Waals surface area contributed by atoms with Crippen LogP contribution < -0.4 is 9.47 Å². The van der Waals surface area contributed by atoms with Crippen LogP contribution in [-0.4, -0.2) is 40.2 Å². The third-order valence-corrected chi connectivity index (χ3v) is 4.20. The van der Waals surface area contributed by atoms with Crippen molar-refractivity contribution in [2.75, 3.05) is 13.4 Å². The second-order valence-electron chi connectivity index (χ2n) is 5.97. The molecular formula is C20H16N2O6. The molecule has 4 rings (SSSR count). The maximum atomic E-state index is 12.4. The molecule has 2 heterocycles. The van der Waals surface area contributed by atoms with Gasteiger partial charge in [-0.25, -0.2) is 14.3 Å². The number of rotatable bonds is 5. The first-order valence-corrected chi connectivity index (χ1v) is 8.57. The highest BCUT2D eigenvalue weighted by atomic mass is 16.7. The number of hydrogen-bond acceptors (Lipinski definition) is 6. The van der Waals surface area contributed by atoms with Gasteiger partial charge in [0.1, 0.15) is 0 Å². The van der Waals surface area contributed by atoms with Gasteiger partial charge in [0.05, 0.1) is 23.6 Å². The van der Waals surface area contributed by atoms with Gasteiger partial charge in [0.15, 0.2) is 17.2 Å². The molecule has 1 aromatic heterocycles. The van der Waals surface area contributed by atoms with Crippen molar-refractivity contribution >= 4 is 11.9 Å². The first kappa shape index (κ1) is 17.6. The predicted octanol–water partition coefficient (Wildman–Crippen LogP) is 3.14. The molecule has 1 aliphatic rings. The minimum atomic E-state index is -1.07. The smallest absolute Gasteiger partial charge is 0.357 e. The number of fused-ring (bicyclic) bond motifs is 1. The fraction of sp³-hybridized carbons (Fsp3) is 0.150. The number of ether oxygens (including phenoxy) is 3. The van der Waals surface area contributed by atoms with E-state index >= 15 is 0 Å². The van der Waals surface area contributed by atoms with E-state index in [1.54, 1.807) is 37.3 Å². The molecule has 2 aromatic carbocycles. The summed E-state index contributed by atoms with van der Waals surface area (Å²) in [4.78, 5) is 23.7. The van der Waals surface area contributed by atoms with Crippen molar-refractivity contribution in [1.82, 2.24) is 9.78 Å². The van der Waals surface area contributed by atoms with Gasteiger partial charge in [0.25, 0.3) is 0 Å². The molecule has 0 unspecified atom stereocenters. The average molecular weight is 380 g/mol. The minimum absolute atomic E-state index is 0.0902. The molecule has 0 fully saturated rings. The number of carboxylic acids is 1. The maximum absolute atomic E-state index is 12.4. The van der Waals surface area contributed by atoms with Crippen LogP contribution in [0.5, 0.6) is 11.5 Å². The first-order chi connectivity index (χ1) is 13.6. The first-order valence-electron chi connectivity index (χ1n) is 8.57. The molecule has 0 aliphatic carbocycles. The molecule has 8 heteroatoms. The number of benzene rings is 2. The zero-order valence-electron chi connectivity index (χ0n) is 14.9. The molecule has 0 atom stereocenters. The number of esters is 1. The fourth-order valence-corrected chi connectivity index (χ4v) is 2.90. The summed E-state index contributed by atoms with van der Waals surface area (Å²) in [5.74, 6) is -0.383. The standard InChI is InChI=1S/C20H16N2O6/c1-2-26-20(25)16-10-15(12-6-7-17-18(9-12)28-11-27-17)21-22(16)14-5-3-4-13(8-14)19(23)24/h3-10H,2,11H2,1H3,(H,23,24). The Kier molecular flexibility index (Phi) is 4.44. The highest BCUT2D eigenvalue weighted by Crippen LogP contribution is 2.36. The van der Waals surface area contributed by atoms with Gasteiger partial charge in [-0.3, -0.25) is 0 Å². The lowest BCUT2D eigenvalue weighted by molar-refractivity contribution is 0.0515. The summed E-state index contributed by atoms with van der Waals surface area (Å²) in [5, 5.41) is 13.8. The normalized spacial score (nSPS) is 12.0. The van der Waals surface area contributed by atoms with Crippen molar-refractivity contribution < 1.29 is 28.9 Å². The zero-order chi connectivity index (χ0) is 19.7. The number of carboxylic acid groups (broad SMARTS) is 1. The summed E-state index contributed by atoms with van der Waals surface area (Å²) >= 11 is 0. The van der Waals surface area contributed by atoms with Crippen molar-refractivity contribution in [2.45, 2.75) is 6.92 Å². The fourth-order valence-electron chi connectivity index (χ4n) is 2.90. The Labute approximate surface area is 159 Å². The average Bonchev–Trinajstić information content (AvgIpc) is 3.34. The second kappa shape index (κ2) is 7.07. The van der Waals surface area contributed by atoms with Crippen LogP contribution in [0.3, 0.4) is 0 Å². The summed E-state index contributed by atoms with van der Waals surface area (Å²) in [7, 11) is 0. The molecule has 0 spiro atoms. The van der Waals surface area contributed by atoms with Gasteiger partial charge >= 0.3 is 11.9 Å². The van der Waals surface area contributed by atoms with E-state index in [1.165, 1.54) is 16.8 Å². The van der Waals surface area contributed by atoms with Crippen LogP contribution in [0.1, 0.15) is 27.8 Å². The quantitative estimate of drug-likeness (QED) is 0.679. The second-order valence-corrected chi connectivity index (χ2v) is 5.97. The van der Waals surface area contributed by atoms with E-state index in [9.17, 15) is 14.7 Å². The van der Waals surface area contributed by atoms with Gasteiger partial charge in [-0.1, -0.05) is 6.07 Å². The number of carbonyl (C=O) groups is 2. The largest absolute Gasteiger partial charge is 0.478 e. The van der Waals surface area contributed by atoms with Crippen LogP contribution in [-0.2, 0) is 4.74 Å². The summed E-state index contributed by atoms with van der Waals surface area (Å²) in [6, 6.07) is 13.1. The third kappa shape index (κ3) is 3.16. The van der Waals surface area contributed by atoms with Crippen LogP contribution in [0.25, 0.3) is 16.9 Å². The Balaban J connectivity index is 1.82. The van der Waals surface area contributed by atoms with Crippen LogP contribution in [0.15, 0.2) is 48.5 Å². The lowest BCUT2D eigenvalue weighted by atomic mass is 10.1. The monoisotopic (exact) mass is 380 g/mol. The van der Waals surface area contributed by atoms with Crippen molar-refractivity contribution in [1.29, 1.82) is 0 Å². The lowest BCUT2D eigenvalue weighted by Gasteiger charge is -2.07. The van der Waals surface area contributed by atoms with E-state index < -0.39 is 11.9 Å². The van der Waals surface area contributed by atoms with Crippen LogP contribution in [0.4, 0.5) is 0 Å². The highest BCUT2D eigenvalue weighted by Gasteiger charge is 2.21. The molecule has 3 aromatic rings. The molecule has 0 saturated heterocycles. The summed E-state index contributed by atoms with van der Waals surface area (Å²) in [5.41, 5.74) is 1.96. The van der Waals surface area contributed by atoms with Crippen LogP contribution >= 0.6 is 0 Å². The van der Waals surface area contributed by atoms with E-state index in [2.05, 4.69) is 5.10 Å². The van der Waals surface area contributed by atoms with Crippen LogP contribution in [0.2, 0.25) is 0 Å². The summed E-state index contributed by atoms with van der Waals surface area (Å²) in [6.07, 6.45) is 0. The number of aromatic carboxylic acids is 1. The molecule has 0 saturated carbocycles. The van der Waals surface area contributed by atoms with E-state index in [-0.39, 0.29) is 24.7 Å². The topological polar surface area (TPSA) is 99.9 Å². The van der Waals surface area contributed by atoms with Crippen molar-refractivity contribution in [3.63, 3.8) is 0 Å². The zero-order valence-corrected chi connectivity index (χ0v) is 14.9. The number of aromatic nitrogens is 2. The predicted molar refractivity (Wildman–Crippen MR) is 98.0 cm³/mol. The molecular weight excluding hydrogens is 364 g/mol. The summed E-state index contributed by atoms with van der Waals surface area (Å²) < 4.78 is 17.2. The molecule has 142 valence electrons. The van der Waals surface area contributed by atoms with E-state index in [1.807, 2.05) is 6.07 Å². The number of hydrogen-bond donors (Lipinski definition) is 1. The van der Waals surface area contributed by atoms with E-state index in [0.29, 0.717) is 22.9 Å². The lowest BCUT2D eigenvalue weighted by Crippen LogP contribution is -2.12. The van der Waals surface area contributed by atoms with Crippen molar-refractivity contribution in [3.05, 3.63) is 59.8 Å². The Morgan fingerprint density at radius 3 is 2.75 bits per heavy atom. The van der Waals surface area contributed by atoms with Crippen molar-refractivity contribution in [3.8, 4) is 28.4 Å². The molecule has 28 heavy (non-hydrogen) atoms. The maximum Gasteiger partial charge on any atom is 0.357 e. The number of nitrogens with zero attached hydrogens (tertiary/aromatic N) is 2. The van der Waals surface area contributed by atoms with E-state index in [0.717, 1.165) is 5.56 Å². The Morgan fingerprint density at radius 2 is 1.96 bits per heavy atom. The molecule has 8 nitrogen and oxygen atoms in total. The molecule has 0 radical (unpaired) electrons. The van der Waals surface area contributed by atoms with Crippen molar-refractivity contribution in [2.24, 2.45) is 0 Å². The minimum Gasteiger partial charge on any atom is -0.478 e. The number of carbonyl (C=O) groups excluding carboxylic acids is 1. The molecule has 1 N–H and O–H groups in total. The van der Waals surface area contributed by atoms with E-state index in [4.69, 9.17) is 14.2 Å². The van der Waals surface area contributed by atoms with Crippen LogP contribution in [0, 0.1) is 0 Å². The molecule has 1 aliphatic heterocycles. The highest BCUT2D eigenvalue weighted by molar-refractivity contribution is 5.91. The van der Waals surface area contributed by atoms with Gasteiger partial charge in [-0.15, -0.1) is 0 Å². The Bertz CT molecular complexity index is 1070. The van der Waals surface area contributed by atoms with Gasteiger partial charge in [0, 0.05) is 5.56 Å². The van der Waals surface area contributed by atoms with Gasteiger partial charge in [-0.2, -0.15) is 5.10 Å². The summed E-state index contributed by atoms with van der Waals surface area (Å²) in [6.45, 7) is 2.07. The van der Waals surface area contributed by atoms with Gasteiger partial charge in [0.2, 0.25) is 6.79 Å². The molecule has 0 amide bonds. The third-order valence-electron chi connectivity index (χ3n) is 4.20. The Hall–Kier alpha value is -3.81. The molecule has 0 bridgehead atoms.